The van der Waals surface area contributed by atoms with Gasteiger partial charge in [-0.25, -0.2) is 4.98 Å². The summed E-state index contributed by atoms with van der Waals surface area (Å²) in [5.41, 5.74) is 0.859. The lowest BCUT2D eigenvalue weighted by Crippen LogP contribution is -1.87. The molecule has 0 radical (unpaired) electrons. The van der Waals surface area contributed by atoms with Gasteiger partial charge in [0.25, 0.3) is 0 Å². The third-order valence-electron chi connectivity index (χ3n) is 1.39. The van der Waals surface area contributed by atoms with Crippen LogP contribution in [-0.4, -0.2) is 25.8 Å². The summed E-state index contributed by atoms with van der Waals surface area (Å²) in [5.74, 6) is 6.33. The van der Waals surface area contributed by atoms with E-state index in [-0.39, 0.29) is 0 Å². The molecule has 3 nitrogen and oxygen atoms in total. The first kappa shape index (κ1) is 9.56. The first-order valence-corrected chi connectivity index (χ1v) is 3.84. The van der Waals surface area contributed by atoms with Crippen LogP contribution in [0.4, 0.5) is 0 Å². The van der Waals surface area contributed by atoms with Gasteiger partial charge in [-0.3, -0.25) is 0 Å². The highest BCUT2D eigenvalue weighted by Gasteiger charge is 1.90. The van der Waals surface area contributed by atoms with E-state index in [1.807, 2.05) is 6.07 Å². The van der Waals surface area contributed by atoms with Crippen LogP contribution in [0.2, 0.25) is 0 Å². The Labute approximate surface area is 77.7 Å². The van der Waals surface area contributed by atoms with E-state index < -0.39 is 0 Å². The molecule has 0 aliphatic rings. The molecule has 1 rings (SSSR count). The van der Waals surface area contributed by atoms with Crippen LogP contribution < -0.4 is 4.74 Å². The monoisotopic (exact) mass is 177 g/mol. The Morgan fingerprint density at radius 2 is 2.23 bits per heavy atom. The summed E-state index contributed by atoms with van der Waals surface area (Å²) < 4.78 is 9.70. The molecule has 1 aromatic heterocycles. The predicted molar refractivity (Wildman–Crippen MR) is 49.5 cm³/mol. The summed E-state index contributed by atoms with van der Waals surface area (Å²) in [6, 6.07) is 3.63. The minimum absolute atomic E-state index is 0.437. The highest BCUT2D eigenvalue weighted by Crippen LogP contribution is 2.04. The molecule has 1 heterocycles. The van der Waals surface area contributed by atoms with Crippen molar-refractivity contribution in [3.05, 3.63) is 23.9 Å². The quantitative estimate of drug-likeness (QED) is 0.633. The lowest BCUT2D eigenvalue weighted by atomic mass is 10.3. The van der Waals surface area contributed by atoms with E-state index in [2.05, 4.69) is 16.8 Å². The van der Waals surface area contributed by atoms with Crippen molar-refractivity contribution >= 4 is 0 Å². The lowest BCUT2D eigenvalue weighted by molar-refractivity contribution is 0.240. The molecule has 1 aromatic rings. The molecule has 68 valence electrons. The third-order valence-corrected chi connectivity index (χ3v) is 1.39. The van der Waals surface area contributed by atoms with Crippen LogP contribution >= 0.6 is 0 Å². The number of hydrogen-bond donors (Lipinski definition) is 0. The highest BCUT2D eigenvalue weighted by atomic mass is 16.5. The molecule has 3 heteroatoms. The van der Waals surface area contributed by atoms with E-state index >= 15 is 0 Å². The summed E-state index contributed by atoms with van der Waals surface area (Å²) >= 11 is 0. The molecule has 0 fully saturated rings. The Kier molecular flexibility index (Phi) is 3.80. The fraction of sp³-hybridized carbons (Fsp3) is 0.300. The summed E-state index contributed by atoms with van der Waals surface area (Å²) in [6.45, 7) is 0.437. The molecule has 0 aromatic carbocycles. The van der Waals surface area contributed by atoms with Crippen LogP contribution in [0, 0.1) is 11.8 Å². The van der Waals surface area contributed by atoms with Crippen LogP contribution in [0.5, 0.6) is 5.88 Å². The number of methoxy groups -OCH3 is 2. The average molecular weight is 177 g/mol. The largest absolute Gasteiger partial charge is 0.481 e. The van der Waals surface area contributed by atoms with E-state index in [1.165, 1.54) is 0 Å². The molecule has 0 bridgehead atoms. The van der Waals surface area contributed by atoms with E-state index in [0.29, 0.717) is 12.5 Å². The van der Waals surface area contributed by atoms with Gasteiger partial charge in [-0.1, -0.05) is 11.8 Å². The van der Waals surface area contributed by atoms with Crippen molar-refractivity contribution in [1.29, 1.82) is 0 Å². The molecule has 0 atom stereocenters. The highest BCUT2D eigenvalue weighted by molar-refractivity contribution is 5.33. The smallest absolute Gasteiger partial charge is 0.212 e. The van der Waals surface area contributed by atoms with Crippen molar-refractivity contribution in [2.75, 3.05) is 20.8 Å². The first-order chi connectivity index (χ1) is 6.36. The SMILES string of the molecule is COCC#Cc1ccc(OC)nc1. The van der Waals surface area contributed by atoms with Gasteiger partial charge in [0.05, 0.1) is 7.11 Å². The van der Waals surface area contributed by atoms with Crippen LogP contribution in [0.1, 0.15) is 5.56 Å². The Bertz CT molecular complexity index is 308. The van der Waals surface area contributed by atoms with Crippen LogP contribution in [0.3, 0.4) is 0 Å². The number of pyridine rings is 1. The first-order valence-electron chi connectivity index (χ1n) is 3.84. The van der Waals surface area contributed by atoms with E-state index in [1.54, 1.807) is 26.5 Å². The van der Waals surface area contributed by atoms with Gasteiger partial charge in [0.15, 0.2) is 0 Å². The van der Waals surface area contributed by atoms with Crippen molar-refractivity contribution in [3.63, 3.8) is 0 Å². The molecular formula is C10H11NO2. The molecule has 13 heavy (non-hydrogen) atoms. The second kappa shape index (κ2) is 5.18. The molecule has 0 spiro atoms. The number of nitrogens with zero attached hydrogens (tertiary/aromatic N) is 1. The second-order valence-electron chi connectivity index (χ2n) is 2.32. The van der Waals surface area contributed by atoms with Gasteiger partial charge < -0.3 is 9.47 Å². The maximum atomic E-state index is 4.91. The maximum Gasteiger partial charge on any atom is 0.212 e. The molecule has 0 N–H and O–H groups in total. The standard InChI is InChI=1S/C10H11NO2/c1-12-7-3-4-9-5-6-10(13-2)11-8-9/h5-6,8H,7H2,1-2H3. The molecular weight excluding hydrogens is 166 g/mol. The second-order valence-corrected chi connectivity index (χ2v) is 2.32. The molecule has 0 aliphatic heterocycles. The van der Waals surface area contributed by atoms with Crippen molar-refractivity contribution < 1.29 is 9.47 Å². The minimum Gasteiger partial charge on any atom is -0.481 e. The molecule has 0 unspecified atom stereocenters. The zero-order chi connectivity index (χ0) is 9.52. The number of ether oxygens (including phenoxy) is 2. The predicted octanol–water partition coefficient (Wildman–Crippen LogP) is 1.09. The van der Waals surface area contributed by atoms with Crippen LogP contribution in [0.15, 0.2) is 18.3 Å². The van der Waals surface area contributed by atoms with Gasteiger partial charge >= 0.3 is 0 Å². The van der Waals surface area contributed by atoms with Gasteiger partial charge in [0.1, 0.15) is 6.61 Å². The summed E-state index contributed by atoms with van der Waals surface area (Å²) in [7, 11) is 3.19. The fourth-order valence-corrected chi connectivity index (χ4v) is 0.785. The van der Waals surface area contributed by atoms with Crippen LogP contribution in [-0.2, 0) is 4.74 Å². The van der Waals surface area contributed by atoms with E-state index in [9.17, 15) is 0 Å². The summed E-state index contributed by atoms with van der Waals surface area (Å²) in [4.78, 5) is 4.01. The average Bonchev–Trinajstić information content (AvgIpc) is 2.19. The lowest BCUT2D eigenvalue weighted by Gasteiger charge is -1.95. The Morgan fingerprint density at radius 1 is 1.38 bits per heavy atom. The Morgan fingerprint density at radius 3 is 2.77 bits per heavy atom. The Balaban J connectivity index is 2.65. The normalized spacial score (nSPS) is 8.77. The van der Waals surface area contributed by atoms with Gasteiger partial charge in [0.2, 0.25) is 5.88 Å². The van der Waals surface area contributed by atoms with E-state index in [4.69, 9.17) is 9.47 Å². The van der Waals surface area contributed by atoms with Crippen molar-refractivity contribution in [2.24, 2.45) is 0 Å². The summed E-state index contributed by atoms with van der Waals surface area (Å²) in [6.07, 6.45) is 1.67. The topological polar surface area (TPSA) is 31.4 Å². The van der Waals surface area contributed by atoms with Crippen LogP contribution in [0.25, 0.3) is 0 Å². The number of hydrogen-bond acceptors (Lipinski definition) is 3. The molecule has 0 saturated heterocycles. The fourth-order valence-electron chi connectivity index (χ4n) is 0.785. The summed E-state index contributed by atoms with van der Waals surface area (Å²) in [5, 5.41) is 0. The molecule has 0 saturated carbocycles. The van der Waals surface area contributed by atoms with E-state index in [0.717, 1.165) is 5.56 Å². The Hall–Kier alpha value is -1.53. The molecule has 0 aliphatic carbocycles. The number of rotatable bonds is 2. The van der Waals surface area contributed by atoms with Gasteiger partial charge in [-0.15, -0.1) is 0 Å². The van der Waals surface area contributed by atoms with Crippen molar-refractivity contribution in [1.82, 2.24) is 4.98 Å². The number of aromatic nitrogens is 1. The van der Waals surface area contributed by atoms with Gasteiger partial charge in [-0.2, -0.15) is 0 Å². The van der Waals surface area contributed by atoms with Crippen molar-refractivity contribution in [2.45, 2.75) is 0 Å². The minimum atomic E-state index is 0.437. The third kappa shape index (κ3) is 3.14. The molecule has 0 amide bonds. The maximum absolute atomic E-state index is 4.91. The zero-order valence-electron chi connectivity index (χ0n) is 7.70. The van der Waals surface area contributed by atoms with Gasteiger partial charge in [-0.05, 0) is 6.07 Å². The van der Waals surface area contributed by atoms with Crippen molar-refractivity contribution in [3.8, 4) is 17.7 Å². The zero-order valence-corrected chi connectivity index (χ0v) is 7.70. The van der Waals surface area contributed by atoms with Gasteiger partial charge in [0, 0.05) is 24.9 Å².